The third kappa shape index (κ3) is 6.67. The average Bonchev–Trinajstić information content (AvgIpc) is 2.51. The van der Waals surface area contributed by atoms with Gasteiger partial charge in [0, 0.05) is 18.4 Å². The van der Waals surface area contributed by atoms with Gasteiger partial charge in [0.25, 0.3) is 11.8 Å². The number of nitrogens with one attached hydrogen (secondary N) is 2. The molecule has 1 atom stereocenters. The lowest BCUT2D eigenvalue weighted by molar-refractivity contribution is -0.132. The fourth-order valence-corrected chi connectivity index (χ4v) is 2.33. The SMILES string of the molecule is CC(C)CCOC(C)C(=O)NNC(=O)c1ccc(S(C)(=O)=O)cc1. The van der Waals surface area contributed by atoms with Gasteiger partial charge < -0.3 is 4.74 Å². The van der Waals surface area contributed by atoms with E-state index < -0.39 is 27.8 Å². The lowest BCUT2D eigenvalue weighted by atomic mass is 10.1. The van der Waals surface area contributed by atoms with Crippen molar-refractivity contribution in [1.82, 2.24) is 10.9 Å². The summed E-state index contributed by atoms with van der Waals surface area (Å²) in [5.41, 5.74) is 4.78. The van der Waals surface area contributed by atoms with Crippen molar-refractivity contribution in [2.45, 2.75) is 38.2 Å². The van der Waals surface area contributed by atoms with Gasteiger partial charge in [-0.3, -0.25) is 20.4 Å². The summed E-state index contributed by atoms with van der Waals surface area (Å²) in [6, 6.07) is 5.42. The fourth-order valence-electron chi connectivity index (χ4n) is 1.70. The molecule has 0 fully saturated rings. The van der Waals surface area contributed by atoms with E-state index in [0.717, 1.165) is 12.7 Å². The van der Waals surface area contributed by atoms with Gasteiger partial charge in [0.05, 0.1) is 4.90 Å². The Balaban J connectivity index is 2.49. The Hall–Kier alpha value is -1.93. The van der Waals surface area contributed by atoms with E-state index in [1.807, 2.05) is 0 Å². The molecule has 0 spiro atoms. The zero-order valence-corrected chi connectivity index (χ0v) is 15.1. The number of benzene rings is 1. The molecule has 1 unspecified atom stereocenters. The minimum atomic E-state index is -3.32. The van der Waals surface area contributed by atoms with E-state index >= 15 is 0 Å². The highest BCUT2D eigenvalue weighted by Crippen LogP contribution is 2.10. The molecule has 1 aromatic carbocycles. The average molecular weight is 356 g/mol. The fraction of sp³-hybridized carbons (Fsp3) is 0.500. The van der Waals surface area contributed by atoms with Crippen molar-refractivity contribution in [2.75, 3.05) is 12.9 Å². The number of hydrazine groups is 1. The first-order chi connectivity index (χ1) is 11.1. The summed E-state index contributed by atoms with van der Waals surface area (Å²) in [6.07, 6.45) is 1.25. The van der Waals surface area contributed by atoms with Gasteiger partial charge in [0.15, 0.2) is 9.84 Å². The largest absolute Gasteiger partial charge is 0.369 e. The summed E-state index contributed by atoms with van der Waals surface area (Å²) >= 11 is 0. The van der Waals surface area contributed by atoms with Crippen LogP contribution >= 0.6 is 0 Å². The topological polar surface area (TPSA) is 102 Å². The van der Waals surface area contributed by atoms with E-state index in [1.54, 1.807) is 6.92 Å². The Bertz CT molecular complexity index is 668. The highest BCUT2D eigenvalue weighted by Gasteiger charge is 2.15. The van der Waals surface area contributed by atoms with Crippen LogP contribution in [0.5, 0.6) is 0 Å². The van der Waals surface area contributed by atoms with Crippen molar-refractivity contribution in [3.8, 4) is 0 Å². The third-order valence-electron chi connectivity index (χ3n) is 3.28. The first-order valence-corrected chi connectivity index (χ1v) is 9.52. The minimum absolute atomic E-state index is 0.121. The van der Waals surface area contributed by atoms with E-state index in [0.29, 0.717) is 12.5 Å². The second kappa shape index (κ2) is 8.79. The molecule has 0 saturated carbocycles. The first kappa shape index (κ1) is 20.1. The summed E-state index contributed by atoms with van der Waals surface area (Å²) in [5, 5.41) is 0. The molecule has 0 bridgehead atoms. The molecule has 1 aromatic rings. The zero-order valence-electron chi connectivity index (χ0n) is 14.3. The number of sulfone groups is 1. The summed E-state index contributed by atoms with van der Waals surface area (Å²) in [4.78, 5) is 23.9. The maximum absolute atomic E-state index is 11.9. The van der Waals surface area contributed by atoms with Crippen molar-refractivity contribution in [3.63, 3.8) is 0 Å². The van der Waals surface area contributed by atoms with Crippen LogP contribution in [0.4, 0.5) is 0 Å². The summed E-state index contributed by atoms with van der Waals surface area (Å²) in [6.45, 7) is 6.18. The number of rotatable bonds is 7. The number of carbonyl (C=O) groups is 2. The highest BCUT2D eigenvalue weighted by molar-refractivity contribution is 7.90. The van der Waals surface area contributed by atoms with Crippen molar-refractivity contribution in [1.29, 1.82) is 0 Å². The molecule has 0 aromatic heterocycles. The molecule has 0 heterocycles. The lowest BCUT2D eigenvalue weighted by Crippen LogP contribution is -2.46. The van der Waals surface area contributed by atoms with Crippen molar-refractivity contribution >= 4 is 21.7 Å². The second-order valence-corrected chi connectivity index (χ2v) is 7.95. The van der Waals surface area contributed by atoms with Gasteiger partial charge in [0.2, 0.25) is 0 Å². The summed E-state index contributed by atoms with van der Waals surface area (Å²) < 4.78 is 28.1. The minimum Gasteiger partial charge on any atom is -0.369 e. The molecule has 0 aliphatic heterocycles. The van der Waals surface area contributed by atoms with Gasteiger partial charge in [-0.2, -0.15) is 0 Å². The first-order valence-electron chi connectivity index (χ1n) is 7.63. The Kier molecular flexibility index (Phi) is 7.37. The van der Waals surface area contributed by atoms with Crippen molar-refractivity contribution in [2.24, 2.45) is 5.92 Å². The summed E-state index contributed by atoms with van der Waals surface area (Å²) in [7, 11) is -3.32. The van der Waals surface area contributed by atoms with Crippen LogP contribution < -0.4 is 10.9 Å². The molecule has 0 saturated heterocycles. The molecular formula is C16H24N2O5S. The number of amides is 2. The molecule has 0 aliphatic carbocycles. The van der Waals surface area contributed by atoms with Gasteiger partial charge in [0.1, 0.15) is 6.10 Å². The molecule has 2 amide bonds. The molecule has 24 heavy (non-hydrogen) atoms. The van der Waals surface area contributed by atoms with Gasteiger partial charge in [-0.05, 0) is 43.5 Å². The molecule has 8 heteroatoms. The Morgan fingerprint density at radius 2 is 1.67 bits per heavy atom. The quantitative estimate of drug-likeness (QED) is 0.717. The third-order valence-corrected chi connectivity index (χ3v) is 4.40. The maximum Gasteiger partial charge on any atom is 0.269 e. The van der Waals surface area contributed by atoms with E-state index in [9.17, 15) is 18.0 Å². The normalized spacial score (nSPS) is 12.7. The van der Waals surface area contributed by atoms with Crippen molar-refractivity contribution in [3.05, 3.63) is 29.8 Å². The predicted octanol–water partition coefficient (Wildman–Crippen LogP) is 1.30. The van der Waals surface area contributed by atoms with Crippen LogP contribution in [0.25, 0.3) is 0 Å². The van der Waals surface area contributed by atoms with Gasteiger partial charge in [-0.1, -0.05) is 13.8 Å². The van der Waals surface area contributed by atoms with E-state index in [-0.39, 0.29) is 10.5 Å². The lowest BCUT2D eigenvalue weighted by Gasteiger charge is -2.14. The summed E-state index contributed by atoms with van der Waals surface area (Å²) in [5.74, 6) is -0.521. The van der Waals surface area contributed by atoms with Gasteiger partial charge >= 0.3 is 0 Å². The maximum atomic E-state index is 11.9. The van der Waals surface area contributed by atoms with Crippen molar-refractivity contribution < 1.29 is 22.7 Å². The van der Waals surface area contributed by atoms with E-state index in [1.165, 1.54) is 24.3 Å². The van der Waals surface area contributed by atoms with Crippen LogP contribution in [-0.2, 0) is 19.4 Å². The molecule has 134 valence electrons. The number of hydrogen-bond donors (Lipinski definition) is 2. The Morgan fingerprint density at radius 3 is 2.17 bits per heavy atom. The van der Waals surface area contributed by atoms with Crippen LogP contribution in [0.15, 0.2) is 29.2 Å². The molecule has 2 N–H and O–H groups in total. The monoisotopic (exact) mass is 356 g/mol. The number of carbonyl (C=O) groups excluding carboxylic acids is 2. The van der Waals surface area contributed by atoms with Crippen LogP contribution in [0.1, 0.15) is 37.6 Å². The van der Waals surface area contributed by atoms with Crippen LogP contribution in [0, 0.1) is 5.92 Å². The number of hydrogen-bond acceptors (Lipinski definition) is 5. The predicted molar refractivity (Wildman–Crippen MR) is 90.0 cm³/mol. The van der Waals surface area contributed by atoms with E-state index in [2.05, 4.69) is 24.7 Å². The van der Waals surface area contributed by atoms with Gasteiger partial charge in [-0.25, -0.2) is 8.42 Å². The molecule has 1 rings (SSSR count). The van der Waals surface area contributed by atoms with Crippen LogP contribution in [0.3, 0.4) is 0 Å². The Morgan fingerprint density at radius 1 is 1.08 bits per heavy atom. The highest BCUT2D eigenvalue weighted by atomic mass is 32.2. The molecule has 7 nitrogen and oxygen atoms in total. The smallest absolute Gasteiger partial charge is 0.269 e. The molecular weight excluding hydrogens is 332 g/mol. The van der Waals surface area contributed by atoms with Crippen LogP contribution in [-0.4, -0.2) is 39.2 Å². The molecule has 0 aliphatic rings. The number of ether oxygens (including phenoxy) is 1. The van der Waals surface area contributed by atoms with Crippen LogP contribution in [0.2, 0.25) is 0 Å². The standard InChI is InChI=1S/C16H24N2O5S/c1-11(2)9-10-23-12(3)15(19)17-18-16(20)13-5-7-14(8-6-13)24(4,21)22/h5-8,11-12H,9-10H2,1-4H3,(H,17,19)(H,18,20). The Labute approximate surface area is 142 Å². The second-order valence-electron chi connectivity index (χ2n) is 5.94. The zero-order chi connectivity index (χ0) is 18.3. The molecule has 0 radical (unpaired) electrons. The van der Waals surface area contributed by atoms with E-state index in [4.69, 9.17) is 4.74 Å². The van der Waals surface area contributed by atoms with Gasteiger partial charge in [-0.15, -0.1) is 0 Å².